The smallest absolute Gasteiger partial charge is 0.131 e. The zero-order chi connectivity index (χ0) is 13.5. The van der Waals surface area contributed by atoms with E-state index in [1.807, 2.05) is 0 Å². The van der Waals surface area contributed by atoms with E-state index >= 15 is 0 Å². The number of nitrogens with zero attached hydrogens (tertiary/aromatic N) is 2. The lowest BCUT2D eigenvalue weighted by Gasteiger charge is -2.19. The maximum atomic E-state index is 4.85. The van der Waals surface area contributed by atoms with Crippen molar-refractivity contribution in [3.05, 3.63) is 22.9 Å². The van der Waals surface area contributed by atoms with Crippen LogP contribution >= 0.6 is 0 Å². The van der Waals surface area contributed by atoms with Crippen LogP contribution in [0.1, 0.15) is 56.4 Å². The Bertz CT molecular complexity index is 370. The number of unbranched alkanes of at least 4 members (excludes halogenated alkanes) is 2. The van der Waals surface area contributed by atoms with E-state index in [-0.39, 0.29) is 0 Å². The van der Waals surface area contributed by atoms with Crippen LogP contribution < -0.4 is 4.90 Å². The van der Waals surface area contributed by atoms with Crippen molar-refractivity contribution in [2.75, 3.05) is 19.0 Å². The van der Waals surface area contributed by atoms with Crippen LogP contribution in [0.4, 0.5) is 5.82 Å². The van der Waals surface area contributed by atoms with Gasteiger partial charge in [-0.3, -0.25) is 0 Å². The molecular weight excluding hydrogens is 220 g/mol. The van der Waals surface area contributed by atoms with Crippen molar-refractivity contribution in [2.45, 2.75) is 59.3 Å². The Morgan fingerprint density at radius 1 is 1.06 bits per heavy atom. The van der Waals surface area contributed by atoms with Crippen LogP contribution in [0.25, 0.3) is 0 Å². The monoisotopic (exact) mass is 248 g/mol. The summed E-state index contributed by atoms with van der Waals surface area (Å²) >= 11 is 0. The second-order valence-corrected chi connectivity index (χ2v) is 5.33. The van der Waals surface area contributed by atoms with E-state index in [9.17, 15) is 0 Å². The Kier molecular flexibility index (Phi) is 6.17. The van der Waals surface area contributed by atoms with Gasteiger partial charge in [-0.05, 0) is 49.8 Å². The van der Waals surface area contributed by atoms with E-state index in [0.29, 0.717) is 0 Å². The number of aromatic nitrogens is 1. The zero-order valence-corrected chi connectivity index (χ0v) is 12.7. The summed E-state index contributed by atoms with van der Waals surface area (Å²) < 4.78 is 0. The molecule has 0 radical (unpaired) electrons. The third-order valence-electron chi connectivity index (χ3n) is 3.37. The van der Waals surface area contributed by atoms with Crippen molar-refractivity contribution in [1.82, 2.24) is 4.98 Å². The summed E-state index contributed by atoms with van der Waals surface area (Å²) in [5, 5.41) is 0. The van der Waals surface area contributed by atoms with E-state index in [4.69, 9.17) is 4.98 Å². The van der Waals surface area contributed by atoms with Crippen molar-refractivity contribution < 1.29 is 0 Å². The molecular formula is C16H28N2. The highest BCUT2D eigenvalue weighted by molar-refractivity contribution is 5.50. The quantitative estimate of drug-likeness (QED) is 0.721. The first-order valence-corrected chi connectivity index (χ1v) is 7.26. The van der Waals surface area contributed by atoms with Gasteiger partial charge in [-0.25, -0.2) is 4.98 Å². The molecule has 0 aliphatic rings. The number of rotatable bonds is 7. The maximum absolute atomic E-state index is 4.85. The van der Waals surface area contributed by atoms with Crippen molar-refractivity contribution in [2.24, 2.45) is 0 Å². The lowest BCUT2D eigenvalue weighted by molar-refractivity contribution is 0.759. The predicted octanol–water partition coefficient (Wildman–Crippen LogP) is 4.14. The molecule has 18 heavy (non-hydrogen) atoms. The minimum Gasteiger partial charge on any atom is -0.363 e. The predicted molar refractivity (Wildman–Crippen MR) is 80.5 cm³/mol. The number of pyridine rings is 1. The first kappa shape index (κ1) is 15.0. The molecule has 0 saturated carbocycles. The molecule has 102 valence electrons. The zero-order valence-electron chi connectivity index (χ0n) is 12.7. The SMILES string of the molecule is CCCCc1cc(C)c(CCCC)c(N(C)C)n1. The van der Waals surface area contributed by atoms with Crippen LogP contribution in [0.2, 0.25) is 0 Å². The van der Waals surface area contributed by atoms with Gasteiger partial charge >= 0.3 is 0 Å². The van der Waals surface area contributed by atoms with Crippen LogP contribution in [0.15, 0.2) is 6.07 Å². The molecule has 1 rings (SSSR count). The largest absolute Gasteiger partial charge is 0.363 e. The fourth-order valence-corrected chi connectivity index (χ4v) is 2.27. The van der Waals surface area contributed by atoms with E-state index in [1.165, 1.54) is 48.3 Å². The summed E-state index contributed by atoms with van der Waals surface area (Å²) in [6, 6.07) is 2.29. The number of hydrogen-bond donors (Lipinski definition) is 0. The fourth-order valence-electron chi connectivity index (χ4n) is 2.27. The van der Waals surface area contributed by atoms with Crippen molar-refractivity contribution in [3.8, 4) is 0 Å². The Balaban J connectivity index is 3.02. The molecule has 0 aromatic carbocycles. The molecule has 0 aliphatic heterocycles. The van der Waals surface area contributed by atoms with Gasteiger partial charge in [0.1, 0.15) is 5.82 Å². The number of aryl methyl sites for hydroxylation is 2. The third kappa shape index (κ3) is 4.01. The van der Waals surface area contributed by atoms with Crippen LogP contribution in [0.5, 0.6) is 0 Å². The topological polar surface area (TPSA) is 16.1 Å². The molecule has 1 heterocycles. The molecule has 1 aromatic heterocycles. The molecule has 2 heteroatoms. The van der Waals surface area contributed by atoms with Gasteiger partial charge in [0, 0.05) is 19.8 Å². The third-order valence-corrected chi connectivity index (χ3v) is 3.37. The van der Waals surface area contributed by atoms with Gasteiger partial charge in [-0.15, -0.1) is 0 Å². The standard InChI is InChI=1S/C16H28N2/c1-6-8-10-14-12-13(3)15(11-9-7-2)16(17-14)18(4)5/h12H,6-11H2,1-5H3. The van der Waals surface area contributed by atoms with Gasteiger partial charge in [0.25, 0.3) is 0 Å². The van der Waals surface area contributed by atoms with Gasteiger partial charge < -0.3 is 4.90 Å². The maximum Gasteiger partial charge on any atom is 0.131 e. The highest BCUT2D eigenvalue weighted by Gasteiger charge is 2.11. The van der Waals surface area contributed by atoms with E-state index < -0.39 is 0 Å². The van der Waals surface area contributed by atoms with Crippen LogP contribution in [0.3, 0.4) is 0 Å². The molecule has 0 spiro atoms. The first-order valence-electron chi connectivity index (χ1n) is 7.26. The number of anilines is 1. The van der Waals surface area contributed by atoms with E-state index in [2.05, 4.69) is 45.8 Å². The molecule has 0 saturated heterocycles. The first-order chi connectivity index (χ1) is 8.60. The lowest BCUT2D eigenvalue weighted by Crippen LogP contribution is -2.15. The molecule has 0 atom stereocenters. The fraction of sp³-hybridized carbons (Fsp3) is 0.688. The summed E-state index contributed by atoms with van der Waals surface area (Å²) in [7, 11) is 4.20. The summed E-state index contributed by atoms with van der Waals surface area (Å²) in [4.78, 5) is 7.01. The Hall–Kier alpha value is -1.05. The Morgan fingerprint density at radius 3 is 2.22 bits per heavy atom. The summed E-state index contributed by atoms with van der Waals surface area (Å²) in [5.74, 6) is 1.18. The molecule has 0 N–H and O–H groups in total. The van der Waals surface area contributed by atoms with Gasteiger partial charge in [0.2, 0.25) is 0 Å². The van der Waals surface area contributed by atoms with Gasteiger partial charge in [0.05, 0.1) is 0 Å². The molecule has 0 unspecified atom stereocenters. The van der Waals surface area contributed by atoms with E-state index in [0.717, 1.165) is 12.8 Å². The minimum atomic E-state index is 1.10. The molecule has 1 aromatic rings. The van der Waals surface area contributed by atoms with Crippen molar-refractivity contribution >= 4 is 5.82 Å². The molecule has 0 fully saturated rings. The van der Waals surface area contributed by atoms with Crippen LogP contribution in [-0.4, -0.2) is 19.1 Å². The Morgan fingerprint density at radius 2 is 1.67 bits per heavy atom. The average molecular weight is 248 g/mol. The second-order valence-electron chi connectivity index (χ2n) is 5.33. The minimum absolute atomic E-state index is 1.10. The highest BCUT2D eigenvalue weighted by Crippen LogP contribution is 2.23. The highest BCUT2D eigenvalue weighted by atomic mass is 15.1. The van der Waals surface area contributed by atoms with Crippen molar-refractivity contribution in [1.29, 1.82) is 0 Å². The van der Waals surface area contributed by atoms with Crippen molar-refractivity contribution in [3.63, 3.8) is 0 Å². The van der Waals surface area contributed by atoms with Gasteiger partial charge in [-0.1, -0.05) is 26.7 Å². The summed E-state index contributed by atoms with van der Waals surface area (Å²) in [6.07, 6.45) is 7.20. The lowest BCUT2D eigenvalue weighted by atomic mass is 10.0. The molecule has 2 nitrogen and oxygen atoms in total. The van der Waals surface area contributed by atoms with Crippen LogP contribution in [0, 0.1) is 6.92 Å². The van der Waals surface area contributed by atoms with Gasteiger partial charge in [0.15, 0.2) is 0 Å². The van der Waals surface area contributed by atoms with E-state index in [1.54, 1.807) is 0 Å². The normalized spacial score (nSPS) is 10.7. The summed E-state index contributed by atoms with van der Waals surface area (Å²) in [6.45, 7) is 6.71. The second kappa shape index (κ2) is 7.40. The van der Waals surface area contributed by atoms with Gasteiger partial charge in [-0.2, -0.15) is 0 Å². The molecule has 0 amide bonds. The molecule has 0 bridgehead atoms. The average Bonchev–Trinajstić information content (AvgIpc) is 2.34. The van der Waals surface area contributed by atoms with Crippen LogP contribution in [-0.2, 0) is 12.8 Å². The Labute approximate surface area is 112 Å². The molecule has 0 aliphatic carbocycles. The summed E-state index contributed by atoms with van der Waals surface area (Å²) in [5.41, 5.74) is 4.09. The number of hydrogen-bond acceptors (Lipinski definition) is 2.